The second kappa shape index (κ2) is 19.0. The predicted octanol–water partition coefficient (Wildman–Crippen LogP) is 0.721. The fourth-order valence-corrected chi connectivity index (χ4v) is 4.07. The molecule has 0 saturated carbocycles. The summed E-state index contributed by atoms with van der Waals surface area (Å²) in [7, 11) is 0. The van der Waals surface area contributed by atoms with Crippen molar-refractivity contribution in [3.63, 3.8) is 0 Å². The first kappa shape index (κ1) is 34.9. The maximum absolute atomic E-state index is 12.1. The van der Waals surface area contributed by atoms with Crippen LogP contribution in [0.5, 0.6) is 0 Å². The molecule has 0 fully saturated rings. The number of carbonyl (C=O) groups excluding carboxylic acids is 1. The Kier molecular flexibility index (Phi) is 17.0. The Hall–Kier alpha value is -2.15. The Labute approximate surface area is 230 Å². The van der Waals surface area contributed by atoms with Crippen LogP contribution in [-0.4, -0.2) is 102 Å². The van der Waals surface area contributed by atoms with Gasteiger partial charge in [0.1, 0.15) is 12.2 Å². The number of hydrogen-bond acceptors (Lipinski definition) is 10. The molecule has 0 bridgehead atoms. The van der Waals surface area contributed by atoms with E-state index in [1.807, 2.05) is 0 Å². The van der Waals surface area contributed by atoms with Gasteiger partial charge in [-0.05, 0) is 51.5 Å². The van der Waals surface area contributed by atoms with E-state index in [0.29, 0.717) is 5.57 Å². The summed E-state index contributed by atoms with van der Waals surface area (Å²) in [5.74, 6) is -0.753. The molecule has 9 atom stereocenters. The molecule has 0 unspecified atom stereocenters. The lowest BCUT2D eigenvalue weighted by molar-refractivity contribution is -0.154. The molecule has 0 aromatic carbocycles. The highest BCUT2D eigenvalue weighted by Gasteiger charge is 2.24. The van der Waals surface area contributed by atoms with E-state index >= 15 is 0 Å². The van der Waals surface area contributed by atoms with Crippen LogP contribution < -0.4 is 0 Å². The Bertz CT molecular complexity index is 849. The standard InChI is InChI=1S/C29H46O10/c1-19-10-8-6-4-3-5-7-9-11-27(36)20(2)39-29(38)18-26(35)16-24(33)14-22(31)12-21(30)13-23(32)15-25(34)17-28(19)37/h3-11,20-28,30-37H,12-18H2,1-2H3/b4-3+,7-5+,8-6+,11-9+,19-10+/t20-,21-,22+,23-,24+,25-,26+,27+,28+/m1/s1. The molecular formula is C29H46O10. The van der Waals surface area contributed by atoms with E-state index in [0.717, 1.165) is 0 Å². The molecule has 1 rings (SSSR count). The molecule has 0 spiro atoms. The Morgan fingerprint density at radius 2 is 1.03 bits per heavy atom. The molecular weight excluding hydrogens is 508 g/mol. The summed E-state index contributed by atoms with van der Waals surface area (Å²) in [4.78, 5) is 12.1. The van der Waals surface area contributed by atoms with Gasteiger partial charge in [0.2, 0.25) is 0 Å². The first-order valence-electron chi connectivity index (χ1n) is 13.4. The lowest BCUT2D eigenvalue weighted by atomic mass is 9.95. The second-order valence-electron chi connectivity index (χ2n) is 10.2. The fraction of sp³-hybridized carbons (Fsp3) is 0.621. The summed E-state index contributed by atoms with van der Waals surface area (Å²) in [6.07, 6.45) is 4.41. The van der Waals surface area contributed by atoms with Crippen LogP contribution in [0.1, 0.15) is 58.8 Å². The van der Waals surface area contributed by atoms with Gasteiger partial charge in [-0.2, -0.15) is 0 Å². The third-order valence-electron chi connectivity index (χ3n) is 6.28. The van der Waals surface area contributed by atoms with Crippen molar-refractivity contribution in [2.75, 3.05) is 0 Å². The quantitative estimate of drug-likeness (QED) is 0.198. The van der Waals surface area contributed by atoms with Gasteiger partial charge in [0.25, 0.3) is 0 Å². The number of esters is 1. The van der Waals surface area contributed by atoms with Gasteiger partial charge >= 0.3 is 5.97 Å². The van der Waals surface area contributed by atoms with E-state index < -0.39 is 67.3 Å². The number of hydrogen-bond donors (Lipinski definition) is 8. The van der Waals surface area contributed by atoms with E-state index in [4.69, 9.17) is 4.74 Å². The third-order valence-corrected chi connectivity index (χ3v) is 6.28. The largest absolute Gasteiger partial charge is 0.459 e. The first-order chi connectivity index (χ1) is 18.4. The van der Waals surface area contributed by atoms with Crippen molar-refractivity contribution in [3.8, 4) is 0 Å². The number of carbonyl (C=O) groups is 1. The van der Waals surface area contributed by atoms with Crippen LogP contribution in [0.2, 0.25) is 0 Å². The molecule has 0 radical (unpaired) electrons. The number of aliphatic hydroxyl groups excluding tert-OH is 8. The average molecular weight is 555 g/mol. The molecule has 0 aromatic heterocycles. The van der Waals surface area contributed by atoms with Crippen molar-refractivity contribution in [2.24, 2.45) is 0 Å². The van der Waals surface area contributed by atoms with E-state index in [-0.39, 0.29) is 38.5 Å². The van der Waals surface area contributed by atoms with Gasteiger partial charge in [0.15, 0.2) is 0 Å². The molecule has 0 saturated heterocycles. The molecule has 39 heavy (non-hydrogen) atoms. The lowest BCUT2D eigenvalue weighted by Gasteiger charge is -2.23. The molecule has 1 aliphatic rings. The summed E-state index contributed by atoms with van der Waals surface area (Å²) >= 11 is 0. The van der Waals surface area contributed by atoms with Gasteiger partial charge < -0.3 is 45.6 Å². The van der Waals surface area contributed by atoms with Crippen molar-refractivity contribution < 1.29 is 50.4 Å². The van der Waals surface area contributed by atoms with E-state index in [2.05, 4.69) is 0 Å². The molecule has 0 amide bonds. The minimum Gasteiger partial charge on any atom is -0.459 e. The van der Waals surface area contributed by atoms with E-state index in [1.54, 1.807) is 55.5 Å². The number of ether oxygens (including phenoxy) is 1. The first-order valence-corrected chi connectivity index (χ1v) is 13.4. The summed E-state index contributed by atoms with van der Waals surface area (Å²) in [5, 5.41) is 81.6. The van der Waals surface area contributed by atoms with Crippen molar-refractivity contribution >= 4 is 5.97 Å². The molecule has 8 N–H and O–H groups in total. The fourth-order valence-electron chi connectivity index (χ4n) is 4.07. The molecule has 222 valence electrons. The third kappa shape index (κ3) is 16.5. The van der Waals surface area contributed by atoms with Gasteiger partial charge in [0, 0.05) is 6.42 Å². The highest BCUT2D eigenvalue weighted by molar-refractivity contribution is 5.70. The summed E-state index contributed by atoms with van der Waals surface area (Å²) in [6.45, 7) is 3.22. The molecule has 10 heteroatoms. The van der Waals surface area contributed by atoms with Crippen LogP contribution in [0.4, 0.5) is 0 Å². The lowest BCUT2D eigenvalue weighted by Crippen LogP contribution is -2.31. The Balaban J connectivity index is 2.89. The summed E-state index contributed by atoms with van der Waals surface area (Å²) in [5.41, 5.74) is 0.621. The Morgan fingerprint density at radius 1 is 0.615 bits per heavy atom. The van der Waals surface area contributed by atoms with Crippen molar-refractivity contribution in [1.29, 1.82) is 0 Å². The smallest absolute Gasteiger partial charge is 0.308 e. The molecule has 1 aliphatic heterocycles. The summed E-state index contributed by atoms with van der Waals surface area (Å²) in [6, 6.07) is 0. The predicted molar refractivity (Wildman–Crippen MR) is 146 cm³/mol. The van der Waals surface area contributed by atoms with Gasteiger partial charge in [-0.1, -0.05) is 54.7 Å². The zero-order chi connectivity index (χ0) is 29.4. The molecule has 10 nitrogen and oxygen atoms in total. The zero-order valence-corrected chi connectivity index (χ0v) is 22.7. The van der Waals surface area contributed by atoms with Crippen LogP contribution in [0.15, 0.2) is 60.3 Å². The van der Waals surface area contributed by atoms with E-state index in [9.17, 15) is 45.6 Å². The van der Waals surface area contributed by atoms with Crippen LogP contribution in [-0.2, 0) is 9.53 Å². The highest BCUT2D eigenvalue weighted by Crippen LogP contribution is 2.18. The van der Waals surface area contributed by atoms with Crippen LogP contribution >= 0.6 is 0 Å². The topological polar surface area (TPSA) is 188 Å². The number of rotatable bonds is 0. The van der Waals surface area contributed by atoms with Crippen molar-refractivity contribution in [1.82, 2.24) is 0 Å². The molecule has 1 heterocycles. The Morgan fingerprint density at radius 3 is 1.54 bits per heavy atom. The van der Waals surface area contributed by atoms with Crippen molar-refractivity contribution in [2.45, 2.75) is 114 Å². The second-order valence-corrected chi connectivity index (χ2v) is 10.2. The van der Waals surface area contributed by atoms with Gasteiger partial charge in [-0.25, -0.2) is 0 Å². The number of allylic oxidation sites excluding steroid dienone is 8. The maximum atomic E-state index is 12.1. The number of aliphatic hydroxyl groups is 8. The normalized spacial score (nSPS) is 40.6. The van der Waals surface area contributed by atoms with Gasteiger partial charge in [-0.3, -0.25) is 4.79 Å². The minimum absolute atomic E-state index is 0.00337. The SMILES string of the molecule is C\C1=C/C=C/C=C/C=C/C=C/[C@H](O)[C@@H](C)OC(=O)C[C@@H](O)C[C@@H](O)C[C@@H](O)C[C@@H](O)C[C@@H](O)C[C@@H](O)C[C@@H]1O. The van der Waals surface area contributed by atoms with Gasteiger partial charge in [-0.15, -0.1) is 0 Å². The highest BCUT2D eigenvalue weighted by atomic mass is 16.6. The van der Waals surface area contributed by atoms with Crippen LogP contribution in [0.25, 0.3) is 0 Å². The average Bonchev–Trinajstić information content (AvgIpc) is 2.80. The van der Waals surface area contributed by atoms with Crippen molar-refractivity contribution in [3.05, 3.63) is 60.3 Å². The monoisotopic (exact) mass is 554 g/mol. The number of cyclic esters (lactones) is 1. The van der Waals surface area contributed by atoms with E-state index in [1.165, 1.54) is 13.0 Å². The van der Waals surface area contributed by atoms with Crippen LogP contribution in [0, 0.1) is 0 Å². The zero-order valence-electron chi connectivity index (χ0n) is 22.7. The van der Waals surface area contributed by atoms with Gasteiger partial charge in [0.05, 0.1) is 49.1 Å². The maximum Gasteiger partial charge on any atom is 0.308 e. The molecule has 0 aromatic rings. The van der Waals surface area contributed by atoms with Crippen LogP contribution in [0.3, 0.4) is 0 Å². The summed E-state index contributed by atoms with van der Waals surface area (Å²) < 4.78 is 5.14. The molecule has 0 aliphatic carbocycles. The minimum atomic E-state index is -1.24.